The van der Waals surface area contributed by atoms with E-state index in [-0.39, 0.29) is 11.9 Å². The number of esters is 1. The van der Waals surface area contributed by atoms with E-state index in [1.165, 1.54) is 7.11 Å². The number of anilines is 1. The van der Waals surface area contributed by atoms with Crippen molar-refractivity contribution in [2.24, 2.45) is 33.1 Å². The van der Waals surface area contributed by atoms with Crippen molar-refractivity contribution in [3.63, 3.8) is 0 Å². The van der Waals surface area contributed by atoms with E-state index in [0.29, 0.717) is 17.2 Å². The molecule has 0 bridgehead atoms. The maximum atomic E-state index is 11.8. The Labute approximate surface area is 141 Å². The zero-order chi connectivity index (χ0) is 17.7. The summed E-state index contributed by atoms with van der Waals surface area (Å²) in [6.45, 7) is 4.08. The Bertz CT molecular complexity index is 659. The first kappa shape index (κ1) is 17.6. The Kier molecular flexibility index (Phi) is 5.62. The highest BCUT2D eigenvalue weighted by Crippen LogP contribution is 2.33. The van der Waals surface area contributed by atoms with Crippen LogP contribution in [0.15, 0.2) is 28.2 Å². The Morgan fingerprint density at radius 1 is 1.25 bits per heavy atom. The van der Waals surface area contributed by atoms with Gasteiger partial charge in [-0.25, -0.2) is 9.79 Å². The summed E-state index contributed by atoms with van der Waals surface area (Å²) in [5.74, 6) is 0.0253. The number of nitrogens with zero attached hydrogens (tertiary/aromatic N) is 3. The predicted molar refractivity (Wildman–Crippen MR) is 95.5 cm³/mol. The van der Waals surface area contributed by atoms with Crippen molar-refractivity contribution in [3.8, 4) is 0 Å². The van der Waals surface area contributed by atoms with E-state index in [4.69, 9.17) is 21.9 Å². The summed E-state index contributed by atoms with van der Waals surface area (Å²) in [7, 11) is 1.33. The molecule has 1 fully saturated rings. The van der Waals surface area contributed by atoms with Crippen LogP contribution in [0.4, 0.5) is 11.4 Å². The molecule has 24 heavy (non-hydrogen) atoms. The number of nitrogens with two attached hydrogens (primary N) is 3. The molecule has 1 heterocycles. The molecule has 1 saturated heterocycles. The van der Waals surface area contributed by atoms with E-state index in [1.54, 1.807) is 12.1 Å². The number of carbonyl (C=O) groups is 1. The van der Waals surface area contributed by atoms with Gasteiger partial charge in [-0.2, -0.15) is 4.99 Å². The second-order valence-electron chi connectivity index (χ2n) is 5.87. The van der Waals surface area contributed by atoms with Gasteiger partial charge in [0.25, 0.3) is 0 Å². The number of piperidine rings is 1. The molecule has 0 spiro atoms. The number of ether oxygens (including phenoxy) is 1. The summed E-state index contributed by atoms with van der Waals surface area (Å²) in [5, 5.41) is 0. The molecule has 8 nitrogen and oxygen atoms in total. The summed E-state index contributed by atoms with van der Waals surface area (Å²) in [6.07, 6.45) is 2.20. The van der Waals surface area contributed by atoms with Gasteiger partial charge in [0, 0.05) is 13.1 Å². The van der Waals surface area contributed by atoms with Crippen LogP contribution < -0.4 is 22.1 Å². The molecule has 2 rings (SSSR count). The van der Waals surface area contributed by atoms with Crippen LogP contribution in [0, 0.1) is 5.92 Å². The molecule has 0 aromatic heterocycles. The summed E-state index contributed by atoms with van der Waals surface area (Å²) in [5.41, 5.74) is 18.2. The Hall–Kier alpha value is -2.77. The summed E-state index contributed by atoms with van der Waals surface area (Å²) >= 11 is 0. The van der Waals surface area contributed by atoms with Crippen molar-refractivity contribution in [1.29, 1.82) is 0 Å². The topological polar surface area (TPSA) is 132 Å². The zero-order valence-corrected chi connectivity index (χ0v) is 14.0. The molecule has 0 unspecified atom stereocenters. The fourth-order valence-corrected chi connectivity index (χ4v) is 2.66. The molecule has 1 aliphatic heterocycles. The lowest BCUT2D eigenvalue weighted by molar-refractivity contribution is 0.0601. The van der Waals surface area contributed by atoms with Gasteiger partial charge in [-0.3, -0.25) is 0 Å². The van der Waals surface area contributed by atoms with Crippen LogP contribution in [-0.4, -0.2) is 38.1 Å². The standard InChI is InChI=1S/C16H24N6O2/c1-10-5-7-22(8-6-10)13-4-3-11(14(23)24-2)9-12(13)20-16(19)21-15(17)18/h3-4,9-10H,5-8H2,1-2H3,(H6,17,18,19,20,21). The SMILES string of the molecule is COC(=O)c1ccc(N2CCC(C)CC2)c(N=C(N)N=C(N)N)c1. The van der Waals surface area contributed by atoms with Crippen LogP contribution in [-0.2, 0) is 4.74 Å². The predicted octanol–water partition coefficient (Wildman–Crippen LogP) is 0.929. The normalized spacial score (nSPS) is 15.9. The molecular formula is C16H24N6O2. The summed E-state index contributed by atoms with van der Waals surface area (Å²) in [6, 6.07) is 5.20. The van der Waals surface area contributed by atoms with Gasteiger partial charge in [-0.1, -0.05) is 6.92 Å². The van der Waals surface area contributed by atoms with Crippen LogP contribution in [0.2, 0.25) is 0 Å². The van der Waals surface area contributed by atoms with Crippen LogP contribution in [0.5, 0.6) is 0 Å². The fourth-order valence-electron chi connectivity index (χ4n) is 2.66. The molecule has 0 aliphatic carbocycles. The van der Waals surface area contributed by atoms with Crippen molar-refractivity contribution < 1.29 is 9.53 Å². The maximum Gasteiger partial charge on any atom is 0.337 e. The number of guanidine groups is 2. The second kappa shape index (κ2) is 7.67. The van der Waals surface area contributed by atoms with E-state index < -0.39 is 5.97 Å². The third-order valence-electron chi connectivity index (χ3n) is 4.00. The number of methoxy groups -OCH3 is 1. The number of rotatable bonds is 3. The third kappa shape index (κ3) is 4.37. The lowest BCUT2D eigenvalue weighted by atomic mass is 9.98. The smallest absolute Gasteiger partial charge is 0.337 e. The van der Waals surface area contributed by atoms with E-state index in [9.17, 15) is 4.79 Å². The van der Waals surface area contributed by atoms with E-state index in [2.05, 4.69) is 21.8 Å². The lowest BCUT2D eigenvalue weighted by Crippen LogP contribution is -2.33. The highest BCUT2D eigenvalue weighted by Gasteiger charge is 2.20. The molecule has 6 N–H and O–H groups in total. The Morgan fingerprint density at radius 2 is 1.92 bits per heavy atom. The molecule has 8 heteroatoms. The molecule has 0 atom stereocenters. The highest BCUT2D eigenvalue weighted by molar-refractivity contribution is 5.96. The van der Waals surface area contributed by atoms with Gasteiger partial charge in [-0.05, 0) is 37.0 Å². The van der Waals surface area contributed by atoms with Gasteiger partial charge in [0.05, 0.1) is 24.0 Å². The van der Waals surface area contributed by atoms with E-state index >= 15 is 0 Å². The number of carbonyl (C=O) groups excluding carboxylic acids is 1. The van der Waals surface area contributed by atoms with Crippen molar-refractivity contribution in [3.05, 3.63) is 23.8 Å². The first-order chi connectivity index (χ1) is 11.4. The first-order valence-corrected chi connectivity index (χ1v) is 7.81. The van der Waals surface area contributed by atoms with Crippen LogP contribution in [0.25, 0.3) is 0 Å². The molecule has 130 valence electrons. The van der Waals surface area contributed by atoms with Crippen LogP contribution in [0.1, 0.15) is 30.1 Å². The van der Waals surface area contributed by atoms with Crippen molar-refractivity contribution in [2.75, 3.05) is 25.1 Å². The van der Waals surface area contributed by atoms with Gasteiger partial charge < -0.3 is 26.8 Å². The molecular weight excluding hydrogens is 308 g/mol. The molecule has 0 radical (unpaired) electrons. The van der Waals surface area contributed by atoms with Crippen molar-refractivity contribution >= 4 is 29.3 Å². The monoisotopic (exact) mass is 332 g/mol. The van der Waals surface area contributed by atoms with Crippen molar-refractivity contribution in [1.82, 2.24) is 0 Å². The average molecular weight is 332 g/mol. The average Bonchev–Trinajstić information content (AvgIpc) is 2.54. The van der Waals surface area contributed by atoms with Crippen LogP contribution >= 0.6 is 0 Å². The Morgan fingerprint density at radius 3 is 2.50 bits per heavy atom. The molecule has 1 aromatic carbocycles. The molecule has 1 aliphatic rings. The maximum absolute atomic E-state index is 11.8. The quantitative estimate of drug-likeness (QED) is 0.428. The van der Waals surface area contributed by atoms with Crippen molar-refractivity contribution in [2.45, 2.75) is 19.8 Å². The molecule has 0 saturated carbocycles. The minimum Gasteiger partial charge on any atom is -0.465 e. The minimum absolute atomic E-state index is 0.0661. The fraction of sp³-hybridized carbons (Fsp3) is 0.438. The number of hydrogen-bond donors (Lipinski definition) is 3. The van der Waals surface area contributed by atoms with E-state index in [0.717, 1.165) is 31.6 Å². The van der Waals surface area contributed by atoms with Gasteiger partial charge in [0.2, 0.25) is 5.96 Å². The third-order valence-corrected chi connectivity index (χ3v) is 4.00. The number of benzene rings is 1. The van der Waals surface area contributed by atoms with Gasteiger partial charge in [0.15, 0.2) is 5.96 Å². The molecule has 0 amide bonds. The minimum atomic E-state index is -0.439. The van der Waals surface area contributed by atoms with E-state index in [1.807, 2.05) is 6.07 Å². The molecule has 1 aromatic rings. The summed E-state index contributed by atoms with van der Waals surface area (Å²) < 4.78 is 4.76. The highest BCUT2D eigenvalue weighted by atomic mass is 16.5. The van der Waals surface area contributed by atoms with Gasteiger partial charge in [0.1, 0.15) is 0 Å². The van der Waals surface area contributed by atoms with Crippen LogP contribution in [0.3, 0.4) is 0 Å². The zero-order valence-electron chi connectivity index (χ0n) is 14.0. The van der Waals surface area contributed by atoms with Gasteiger partial charge in [-0.15, -0.1) is 0 Å². The largest absolute Gasteiger partial charge is 0.465 e. The first-order valence-electron chi connectivity index (χ1n) is 7.81. The Balaban J connectivity index is 2.42. The van der Waals surface area contributed by atoms with Gasteiger partial charge >= 0.3 is 5.97 Å². The summed E-state index contributed by atoms with van der Waals surface area (Å²) in [4.78, 5) is 22.0. The number of hydrogen-bond acceptors (Lipinski definition) is 4. The second-order valence-corrected chi connectivity index (χ2v) is 5.87. The lowest BCUT2D eigenvalue weighted by Gasteiger charge is -2.33. The number of aliphatic imine (C=N–C) groups is 2.